The first kappa shape index (κ1) is 16.5. The van der Waals surface area contributed by atoms with Crippen molar-refractivity contribution in [3.05, 3.63) is 23.0 Å². The zero-order chi connectivity index (χ0) is 15.3. The Morgan fingerprint density at radius 3 is 2.65 bits per heavy atom. The topological polar surface area (TPSA) is 52.6 Å². The van der Waals surface area contributed by atoms with Gasteiger partial charge in [0.2, 0.25) is 0 Å². The number of ketones is 1. The van der Waals surface area contributed by atoms with E-state index >= 15 is 0 Å². The van der Waals surface area contributed by atoms with Crippen molar-refractivity contribution in [3.8, 4) is 0 Å². The van der Waals surface area contributed by atoms with Gasteiger partial charge in [-0.2, -0.15) is 0 Å². The second-order valence-corrected chi connectivity index (χ2v) is 5.71. The minimum Gasteiger partial charge on any atom is -0.434 e. The van der Waals surface area contributed by atoms with Crippen LogP contribution in [0.5, 0.6) is 0 Å². The molecule has 0 bridgehead atoms. The van der Waals surface area contributed by atoms with Crippen LogP contribution in [0.3, 0.4) is 0 Å². The van der Waals surface area contributed by atoms with Crippen LogP contribution in [-0.2, 0) is 14.3 Å². The van der Waals surface area contributed by atoms with Gasteiger partial charge < -0.3 is 9.47 Å². The van der Waals surface area contributed by atoms with Crippen molar-refractivity contribution in [2.75, 3.05) is 6.61 Å². The van der Waals surface area contributed by atoms with Crippen molar-refractivity contribution in [1.29, 1.82) is 0 Å². The van der Waals surface area contributed by atoms with Crippen molar-refractivity contribution in [2.45, 2.75) is 53.9 Å². The summed E-state index contributed by atoms with van der Waals surface area (Å²) in [5.74, 6) is 0.717. The Balaban J connectivity index is 2.78. The Bertz CT molecular complexity index is 455. The van der Waals surface area contributed by atoms with E-state index in [1.807, 2.05) is 13.0 Å². The first-order chi connectivity index (χ1) is 9.27. The summed E-state index contributed by atoms with van der Waals surface area (Å²) in [6.45, 7) is 9.91. The Morgan fingerprint density at radius 1 is 1.40 bits per heavy atom. The monoisotopic (exact) mass is 280 g/mol. The van der Waals surface area contributed by atoms with Crippen molar-refractivity contribution in [1.82, 2.24) is 0 Å². The molecule has 0 unspecified atom stereocenters. The maximum absolute atomic E-state index is 11.8. The minimum absolute atomic E-state index is 0.0126. The molecular weight excluding hydrogens is 256 g/mol. The number of carbonyl (C=O) groups is 2. The van der Waals surface area contributed by atoms with Crippen LogP contribution in [-0.4, -0.2) is 18.5 Å². The van der Waals surface area contributed by atoms with E-state index in [1.54, 1.807) is 13.8 Å². The van der Waals surface area contributed by atoms with Crippen LogP contribution in [0.4, 0.5) is 4.79 Å². The van der Waals surface area contributed by atoms with Gasteiger partial charge in [0.15, 0.2) is 5.78 Å². The highest BCUT2D eigenvalue weighted by Crippen LogP contribution is 2.40. The Kier molecular flexibility index (Phi) is 5.54. The largest absolute Gasteiger partial charge is 0.513 e. The third-order valence-electron chi connectivity index (χ3n) is 3.77. The Morgan fingerprint density at radius 2 is 2.05 bits per heavy atom. The van der Waals surface area contributed by atoms with Crippen molar-refractivity contribution >= 4 is 11.9 Å². The Hall–Kier alpha value is -1.58. The van der Waals surface area contributed by atoms with E-state index < -0.39 is 6.16 Å². The van der Waals surface area contributed by atoms with Crippen molar-refractivity contribution < 1.29 is 19.1 Å². The van der Waals surface area contributed by atoms with E-state index in [0.29, 0.717) is 18.6 Å². The number of allylic oxidation sites excluding steroid dienone is 4. The van der Waals surface area contributed by atoms with Crippen molar-refractivity contribution in [2.24, 2.45) is 5.41 Å². The summed E-state index contributed by atoms with van der Waals surface area (Å²) in [4.78, 5) is 23.0. The first-order valence-electron chi connectivity index (χ1n) is 7.02. The molecule has 1 rings (SSSR count). The molecule has 0 amide bonds. The molecule has 0 radical (unpaired) electrons. The van der Waals surface area contributed by atoms with Crippen LogP contribution in [0.15, 0.2) is 23.0 Å². The standard InChI is InChI=1S/C16H24O4/c1-6-19-15(18)20-11(2)7-8-13-12(3)14(17)9-10-16(13,4)5/h7H,6,8-10H2,1-5H3. The molecule has 4 heteroatoms. The minimum atomic E-state index is -0.689. The van der Waals surface area contributed by atoms with Crippen LogP contribution in [0.1, 0.15) is 53.9 Å². The quantitative estimate of drug-likeness (QED) is 0.573. The highest BCUT2D eigenvalue weighted by Gasteiger charge is 2.31. The summed E-state index contributed by atoms with van der Waals surface area (Å²) in [5.41, 5.74) is 1.99. The van der Waals surface area contributed by atoms with E-state index in [0.717, 1.165) is 17.6 Å². The van der Waals surface area contributed by atoms with E-state index in [1.165, 1.54) is 0 Å². The van der Waals surface area contributed by atoms with Gasteiger partial charge in [0, 0.05) is 6.42 Å². The number of hydrogen-bond acceptors (Lipinski definition) is 4. The molecule has 112 valence electrons. The summed E-state index contributed by atoms with van der Waals surface area (Å²) in [6, 6.07) is 0. The highest BCUT2D eigenvalue weighted by molar-refractivity contribution is 5.96. The average Bonchev–Trinajstić information content (AvgIpc) is 2.34. The molecule has 0 fully saturated rings. The third-order valence-corrected chi connectivity index (χ3v) is 3.77. The molecule has 0 saturated heterocycles. The second-order valence-electron chi connectivity index (χ2n) is 5.71. The predicted octanol–water partition coefficient (Wildman–Crippen LogP) is 4.16. The van der Waals surface area contributed by atoms with Crippen LogP contribution < -0.4 is 0 Å². The average molecular weight is 280 g/mol. The van der Waals surface area contributed by atoms with Gasteiger partial charge in [-0.3, -0.25) is 4.79 Å². The van der Waals surface area contributed by atoms with Crippen LogP contribution in [0.2, 0.25) is 0 Å². The lowest BCUT2D eigenvalue weighted by molar-refractivity contribution is -0.116. The number of hydrogen-bond donors (Lipinski definition) is 0. The zero-order valence-corrected chi connectivity index (χ0v) is 13.0. The van der Waals surface area contributed by atoms with Gasteiger partial charge in [0.05, 0.1) is 6.61 Å². The lowest BCUT2D eigenvalue weighted by Crippen LogP contribution is -2.25. The SMILES string of the molecule is CCOC(=O)OC(C)=CCC1=C(C)C(=O)CCC1(C)C. The van der Waals surface area contributed by atoms with Gasteiger partial charge in [0.1, 0.15) is 5.76 Å². The predicted molar refractivity (Wildman–Crippen MR) is 77.2 cm³/mol. The van der Waals surface area contributed by atoms with Crippen LogP contribution in [0.25, 0.3) is 0 Å². The molecule has 0 aromatic heterocycles. The van der Waals surface area contributed by atoms with Gasteiger partial charge in [0.25, 0.3) is 0 Å². The molecule has 0 aliphatic heterocycles. The number of ether oxygens (including phenoxy) is 2. The summed E-state index contributed by atoms with van der Waals surface area (Å²) >= 11 is 0. The molecule has 20 heavy (non-hydrogen) atoms. The lowest BCUT2D eigenvalue weighted by atomic mass is 9.71. The smallest absolute Gasteiger partial charge is 0.434 e. The maximum Gasteiger partial charge on any atom is 0.513 e. The molecule has 1 aliphatic rings. The van der Waals surface area contributed by atoms with Gasteiger partial charge in [-0.1, -0.05) is 19.4 Å². The molecule has 0 heterocycles. The second kappa shape index (κ2) is 6.73. The fourth-order valence-electron chi connectivity index (χ4n) is 2.44. The molecule has 1 aliphatic carbocycles. The molecule has 4 nitrogen and oxygen atoms in total. The fourth-order valence-corrected chi connectivity index (χ4v) is 2.44. The summed E-state index contributed by atoms with van der Waals surface area (Å²) in [7, 11) is 0. The van der Waals surface area contributed by atoms with E-state index in [-0.39, 0.29) is 17.8 Å². The number of Topliss-reactive ketones (excluding diaryl/α,β-unsaturated/α-hetero) is 1. The Labute approximate surface area is 120 Å². The number of rotatable bonds is 4. The van der Waals surface area contributed by atoms with Crippen LogP contribution >= 0.6 is 0 Å². The first-order valence-corrected chi connectivity index (χ1v) is 7.02. The van der Waals surface area contributed by atoms with Gasteiger partial charge in [-0.25, -0.2) is 4.79 Å². The van der Waals surface area contributed by atoms with Crippen molar-refractivity contribution in [3.63, 3.8) is 0 Å². The van der Waals surface area contributed by atoms with E-state index in [2.05, 4.69) is 13.8 Å². The third kappa shape index (κ3) is 4.22. The molecule has 0 aromatic rings. The molecule has 0 saturated carbocycles. The summed E-state index contributed by atoms with van der Waals surface area (Å²) < 4.78 is 9.72. The normalized spacial score (nSPS) is 19.1. The zero-order valence-electron chi connectivity index (χ0n) is 13.0. The lowest BCUT2D eigenvalue weighted by Gasteiger charge is -2.33. The van der Waals surface area contributed by atoms with Crippen LogP contribution in [0, 0.1) is 5.41 Å². The number of carbonyl (C=O) groups excluding carboxylic acids is 2. The summed E-state index contributed by atoms with van der Waals surface area (Å²) in [5, 5.41) is 0. The van der Waals surface area contributed by atoms with E-state index in [9.17, 15) is 9.59 Å². The summed E-state index contributed by atoms with van der Waals surface area (Å²) in [6.07, 6.45) is 3.24. The molecule has 0 aromatic carbocycles. The molecule has 0 spiro atoms. The van der Waals surface area contributed by atoms with E-state index in [4.69, 9.17) is 9.47 Å². The van der Waals surface area contributed by atoms with Gasteiger partial charge in [-0.15, -0.1) is 0 Å². The molecular formula is C16H24O4. The maximum atomic E-state index is 11.8. The van der Waals surface area contributed by atoms with Gasteiger partial charge in [-0.05, 0) is 50.7 Å². The molecule has 0 atom stereocenters. The van der Waals surface area contributed by atoms with Gasteiger partial charge >= 0.3 is 6.16 Å². The highest BCUT2D eigenvalue weighted by atomic mass is 16.7. The molecule has 0 N–H and O–H groups in total. The fraction of sp³-hybridized carbons (Fsp3) is 0.625.